The number of rotatable bonds is 7. The van der Waals surface area contributed by atoms with E-state index in [1.807, 2.05) is 24.3 Å². The average Bonchev–Trinajstić information content (AvgIpc) is 2.36. The summed E-state index contributed by atoms with van der Waals surface area (Å²) in [6, 6.07) is 8.03. The molecule has 3 N–H and O–H groups in total. The molecule has 0 spiro atoms. The van der Waals surface area contributed by atoms with Gasteiger partial charge >= 0.3 is 0 Å². The highest BCUT2D eigenvalue weighted by Gasteiger charge is 1.94. The van der Waals surface area contributed by atoms with E-state index < -0.39 is 0 Å². The van der Waals surface area contributed by atoms with Crippen LogP contribution in [-0.2, 0) is 4.74 Å². The monoisotopic (exact) mass is 249 g/mol. The average molecular weight is 249 g/mol. The van der Waals surface area contributed by atoms with Crippen LogP contribution in [0.4, 0.5) is 5.69 Å². The molecule has 4 nitrogen and oxygen atoms in total. The molecule has 0 bridgehead atoms. The van der Waals surface area contributed by atoms with E-state index in [0.717, 1.165) is 25.1 Å². The molecule has 100 valence electrons. The Morgan fingerprint density at radius 3 is 2.67 bits per heavy atom. The van der Waals surface area contributed by atoms with Crippen LogP contribution in [0.3, 0.4) is 0 Å². The van der Waals surface area contributed by atoms with Gasteiger partial charge in [-0.2, -0.15) is 0 Å². The Morgan fingerprint density at radius 1 is 1.28 bits per heavy atom. The van der Waals surface area contributed by atoms with Crippen LogP contribution in [0.5, 0.6) is 0 Å². The molecule has 0 heterocycles. The number of aliphatic imine (C=N–C) groups is 1. The number of ether oxygens (including phenoxy) is 1. The van der Waals surface area contributed by atoms with Crippen molar-refractivity contribution in [3.63, 3.8) is 0 Å². The molecular formula is C14H23N3O. The first-order chi connectivity index (χ1) is 8.72. The van der Waals surface area contributed by atoms with Gasteiger partial charge in [-0.25, -0.2) is 0 Å². The second kappa shape index (κ2) is 8.53. The number of guanidine groups is 1. The van der Waals surface area contributed by atoms with Gasteiger partial charge in [-0.1, -0.05) is 31.0 Å². The Bertz CT molecular complexity index is 360. The number of nitrogens with zero attached hydrogens (tertiary/aromatic N) is 1. The fraction of sp³-hybridized carbons (Fsp3) is 0.500. The maximum Gasteiger partial charge on any atom is 0.193 e. The predicted molar refractivity (Wildman–Crippen MR) is 77.0 cm³/mol. The Balaban J connectivity index is 2.23. The third kappa shape index (κ3) is 6.25. The summed E-state index contributed by atoms with van der Waals surface area (Å²) in [6.45, 7) is 6.21. The van der Waals surface area contributed by atoms with Crippen LogP contribution in [0.15, 0.2) is 29.3 Å². The molecule has 1 aromatic rings. The zero-order valence-electron chi connectivity index (χ0n) is 11.3. The minimum Gasteiger partial charge on any atom is -0.380 e. The number of benzene rings is 1. The van der Waals surface area contributed by atoms with Crippen molar-refractivity contribution in [2.45, 2.75) is 26.7 Å². The van der Waals surface area contributed by atoms with E-state index in [-0.39, 0.29) is 0 Å². The molecule has 0 atom stereocenters. The van der Waals surface area contributed by atoms with Crippen LogP contribution in [0.2, 0.25) is 0 Å². The predicted octanol–water partition coefficient (Wildman–Crippen LogP) is 2.54. The fourth-order valence-electron chi connectivity index (χ4n) is 1.40. The third-order valence-corrected chi connectivity index (χ3v) is 2.48. The van der Waals surface area contributed by atoms with E-state index in [0.29, 0.717) is 19.1 Å². The normalized spacial score (nSPS) is 11.6. The van der Waals surface area contributed by atoms with Gasteiger partial charge in [-0.05, 0) is 25.5 Å². The Labute approximate surface area is 109 Å². The van der Waals surface area contributed by atoms with Gasteiger partial charge < -0.3 is 15.8 Å². The lowest BCUT2D eigenvalue weighted by Gasteiger charge is -2.06. The summed E-state index contributed by atoms with van der Waals surface area (Å²) in [7, 11) is 0. The van der Waals surface area contributed by atoms with Crippen LogP contribution < -0.4 is 11.1 Å². The molecule has 1 rings (SSSR count). The van der Waals surface area contributed by atoms with Gasteiger partial charge in [0, 0.05) is 12.3 Å². The topological polar surface area (TPSA) is 59.6 Å². The maximum atomic E-state index is 5.77. The second-order valence-corrected chi connectivity index (χ2v) is 4.22. The van der Waals surface area contributed by atoms with E-state index in [4.69, 9.17) is 10.5 Å². The fourth-order valence-corrected chi connectivity index (χ4v) is 1.40. The first-order valence-corrected chi connectivity index (χ1v) is 6.43. The van der Waals surface area contributed by atoms with Gasteiger partial charge in [0.05, 0.1) is 13.2 Å². The van der Waals surface area contributed by atoms with Crippen LogP contribution in [0, 0.1) is 6.92 Å². The van der Waals surface area contributed by atoms with Crippen molar-refractivity contribution < 1.29 is 4.74 Å². The molecule has 0 saturated heterocycles. The van der Waals surface area contributed by atoms with E-state index in [9.17, 15) is 0 Å². The number of nitrogens with one attached hydrogen (secondary N) is 1. The summed E-state index contributed by atoms with van der Waals surface area (Å²) in [5.41, 5.74) is 7.94. The standard InChI is InChI=1S/C14H23N3O/c1-3-4-10-18-11-9-16-14(15)17-13-7-5-12(2)6-8-13/h5-8H,3-4,9-11H2,1-2H3,(H3,15,16,17). The highest BCUT2D eigenvalue weighted by Crippen LogP contribution is 2.07. The summed E-state index contributed by atoms with van der Waals surface area (Å²) in [6.07, 6.45) is 2.25. The molecule has 0 aliphatic heterocycles. The van der Waals surface area contributed by atoms with E-state index in [1.54, 1.807) is 0 Å². The molecule has 0 unspecified atom stereocenters. The molecule has 0 saturated carbocycles. The highest BCUT2D eigenvalue weighted by molar-refractivity contribution is 5.92. The third-order valence-electron chi connectivity index (χ3n) is 2.48. The Morgan fingerprint density at radius 2 is 2.00 bits per heavy atom. The van der Waals surface area contributed by atoms with Crippen LogP contribution >= 0.6 is 0 Å². The SMILES string of the molecule is CCCCOCCN=C(N)Nc1ccc(C)cc1. The van der Waals surface area contributed by atoms with Crippen molar-refractivity contribution >= 4 is 11.6 Å². The zero-order valence-corrected chi connectivity index (χ0v) is 11.3. The molecule has 1 aromatic carbocycles. The molecule has 18 heavy (non-hydrogen) atoms. The van der Waals surface area contributed by atoms with Gasteiger partial charge in [0.25, 0.3) is 0 Å². The largest absolute Gasteiger partial charge is 0.380 e. The van der Waals surface area contributed by atoms with Gasteiger partial charge in [-0.3, -0.25) is 4.99 Å². The maximum absolute atomic E-state index is 5.77. The summed E-state index contributed by atoms with van der Waals surface area (Å²) < 4.78 is 5.40. The summed E-state index contributed by atoms with van der Waals surface area (Å²) in [5, 5.41) is 3.04. The number of hydrogen-bond acceptors (Lipinski definition) is 2. The molecule has 0 aliphatic carbocycles. The minimum absolute atomic E-state index is 0.429. The van der Waals surface area contributed by atoms with Gasteiger partial charge in [0.2, 0.25) is 0 Å². The number of anilines is 1. The van der Waals surface area contributed by atoms with Crippen molar-refractivity contribution in [1.82, 2.24) is 0 Å². The zero-order chi connectivity index (χ0) is 13.2. The van der Waals surface area contributed by atoms with Crippen LogP contribution in [0.1, 0.15) is 25.3 Å². The lowest BCUT2D eigenvalue weighted by Crippen LogP contribution is -2.23. The van der Waals surface area contributed by atoms with Crippen molar-refractivity contribution in [3.05, 3.63) is 29.8 Å². The minimum atomic E-state index is 0.429. The van der Waals surface area contributed by atoms with Crippen molar-refractivity contribution in [3.8, 4) is 0 Å². The van der Waals surface area contributed by atoms with Gasteiger partial charge in [0.15, 0.2) is 5.96 Å². The molecule has 0 amide bonds. The van der Waals surface area contributed by atoms with Crippen molar-refractivity contribution in [1.29, 1.82) is 0 Å². The molecule has 0 aliphatic rings. The molecule has 0 fully saturated rings. The van der Waals surface area contributed by atoms with E-state index in [2.05, 4.69) is 24.2 Å². The first kappa shape index (κ1) is 14.5. The molecule has 0 aromatic heterocycles. The first-order valence-electron chi connectivity index (χ1n) is 6.43. The smallest absolute Gasteiger partial charge is 0.193 e. The second-order valence-electron chi connectivity index (χ2n) is 4.22. The Hall–Kier alpha value is -1.55. The molecule has 4 heteroatoms. The van der Waals surface area contributed by atoms with Crippen LogP contribution in [-0.4, -0.2) is 25.7 Å². The lowest BCUT2D eigenvalue weighted by molar-refractivity contribution is 0.139. The van der Waals surface area contributed by atoms with Crippen molar-refractivity contribution in [2.24, 2.45) is 10.7 Å². The van der Waals surface area contributed by atoms with Crippen molar-refractivity contribution in [2.75, 3.05) is 25.1 Å². The highest BCUT2D eigenvalue weighted by atomic mass is 16.5. The summed E-state index contributed by atoms with van der Waals surface area (Å²) in [5.74, 6) is 0.429. The van der Waals surface area contributed by atoms with E-state index >= 15 is 0 Å². The number of nitrogens with two attached hydrogens (primary N) is 1. The van der Waals surface area contributed by atoms with Crippen LogP contribution in [0.25, 0.3) is 0 Å². The van der Waals surface area contributed by atoms with E-state index in [1.165, 1.54) is 5.56 Å². The Kier molecular flexibility index (Phi) is 6.87. The van der Waals surface area contributed by atoms with Gasteiger partial charge in [-0.15, -0.1) is 0 Å². The molecule has 0 radical (unpaired) electrons. The van der Waals surface area contributed by atoms with Gasteiger partial charge in [0.1, 0.15) is 0 Å². The summed E-state index contributed by atoms with van der Waals surface area (Å²) >= 11 is 0. The number of unbranched alkanes of at least 4 members (excludes halogenated alkanes) is 1. The quantitative estimate of drug-likeness (QED) is 0.443. The number of aryl methyl sites for hydroxylation is 1. The summed E-state index contributed by atoms with van der Waals surface area (Å²) in [4.78, 5) is 4.20. The number of hydrogen-bond donors (Lipinski definition) is 2. The lowest BCUT2D eigenvalue weighted by atomic mass is 10.2. The molecular weight excluding hydrogens is 226 g/mol.